The molecule has 0 bridgehead atoms. The summed E-state index contributed by atoms with van der Waals surface area (Å²) in [5, 5.41) is 16.2. The Labute approximate surface area is 96.0 Å². The van der Waals surface area contributed by atoms with E-state index < -0.39 is 0 Å². The van der Waals surface area contributed by atoms with E-state index in [0.29, 0.717) is 13.2 Å². The lowest BCUT2D eigenvalue weighted by atomic mass is 10.2. The van der Waals surface area contributed by atoms with E-state index in [9.17, 15) is 0 Å². The summed E-state index contributed by atoms with van der Waals surface area (Å²) >= 11 is 0. The van der Waals surface area contributed by atoms with Gasteiger partial charge in [-0.15, -0.1) is 0 Å². The zero-order valence-electron chi connectivity index (χ0n) is 10.1. The van der Waals surface area contributed by atoms with Crippen molar-refractivity contribution in [1.29, 1.82) is 5.26 Å². The van der Waals surface area contributed by atoms with Crippen LogP contribution in [-0.2, 0) is 17.8 Å². The number of nitrogens with one attached hydrogen (secondary N) is 1. The average Bonchev–Trinajstić information content (AvgIpc) is 2.52. The topological polar surface area (TPSA) is 62.9 Å². The highest BCUT2D eigenvalue weighted by Gasteiger charge is 2.10. The van der Waals surface area contributed by atoms with Crippen molar-refractivity contribution < 1.29 is 4.74 Å². The Kier molecular flexibility index (Phi) is 4.96. The molecular weight excluding hydrogens is 204 g/mol. The lowest BCUT2D eigenvalue weighted by molar-refractivity contribution is 0.199. The molecule has 5 nitrogen and oxygen atoms in total. The minimum absolute atomic E-state index is 0.310. The molecule has 0 aliphatic carbocycles. The number of nitrogens with zero attached hydrogens (tertiary/aromatic N) is 3. The molecule has 1 aromatic heterocycles. The molecule has 0 fully saturated rings. The summed E-state index contributed by atoms with van der Waals surface area (Å²) < 4.78 is 6.70. The van der Waals surface area contributed by atoms with Crippen molar-refractivity contribution in [2.45, 2.75) is 26.9 Å². The third kappa shape index (κ3) is 3.05. The number of hydrogen-bond donors (Lipinski definition) is 1. The Balaban J connectivity index is 2.62. The van der Waals surface area contributed by atoms with E-state index in [4.69, 9.17) is 10.00 Å². The molecule has 5 heteroatoms. The van der Waals surface area contributed by atoms with Crippen LogP contribution >= 0.6 is 0 Å². The van der Waals surface area contributed by atoms with Gasteiger partial charge in [-0.25, -0.2) is 0 Å². The Morgan fingerprint density at radius 2 is 2.25 bits per heavy atom. The molecule has 1 N–H and O–H groups in total. The summed E-state index contributed by atoms with van der Waals surface area (Å²) in [5.41, 5.74) is 3.22. The van der Waals surface area contributed by atoms with Crippen molar-refractivity contribution in [3.8, 4) is 6.07 Å². The first-order chi connectivity index (χ1) is 7.70. The van der Waals surface area contributed by atoms with Crippen molar-refractivity contribution in [1.82, 2.24) is 15.1 Å². The summed E-state index contributed by atoms with van der Waals surface area (Å²) in [6, 6.07) is 2.10. The summed E-state index contributed by atoms with van der Waals surface area (Å²) in [7, 11) is 1.68. The summed E-state index contributed by atoms with van der Waals surface area (Å²) in [5.74, 6) is 0. The maximum absolute atomic E-state index is 8.65. The first-order valence-corrected chi connectivity index (χ1v) is 5.30. The fourth-order valence-electron chi connectivity index (χ4n) is 1.60. The Morgan fingerprint density at radius 1 is 1.50 bits per heavy atom. The van der Waals surface area contributed by atoms with E-state index >= 15 is 0 Å². The predicted octanol–water partition coefficient (Wildman–Crippen LogP) is 0.760. The van der Waals surface area contributed by atoms with Crippen LogP contribution in [0.1, 0.15) is 17.0 Å². The van der Waals surface area contributed by atoms with Gasteiger partial charge in [-0.1, -0.05) is 0 Å². The molecule has 0 unspecified atom stereocenters. The lowest BCUT2D eigenvalue weighted by Crippen LogP contribution is -2.19. The summed E-state index contributed by atoms with van der Waals surface area (Å²) in [4.78, 5) is 0. The second kappa shape index (κ2) is 6.26. The normalized spacial score (nSPS) is 10.4. The average molecular weight is 222 g/mol. The van der Waals surface area contributed by atoms with Gasteiger partial charge in [0.05, 0.1) is 18.4 Å². The van der Waals surface area contributed by atoms with Crippen LogP contribution in [0.3, 0.4) is 0 Å². The third-order valence-corrected chi connectivity index (χ3v) is 2.54. The molecule has 0 radical (unpaired) electrons. The quantitative estimate of drug-likeness (QED) is 0.722. The first-order valence-electron chi connectivity index (χ1n) is 5.30. The van der Waals surface area contributed by atoms with Crippen LogP contribution in [0.5, 0.6) is 0 Å². The Bertz CT molecular complexity index is 378. The highest BCUT2D eigenvalue weighted by Crippen LogP contribution is 2.12. The van der Waals surface area contributed by atoms with Crippen LogP contribution in [0, 0.1) is 25.2 Å². The second-order valence-electron chi connectivity index (χ2n) is 3.63. The number of aromatic nitrogens is 2. The maximum Gasteiger partial charge on any atom is 0.128 e. The van der Waals surface area contributed by atoms with Crippen molar-refractivity contribution in [3.63, 3.8) is 0 Å². The van der Waals surface area contributed by atoms with Crippen molar-refractivity contribution in [3.05, 3.63) is 17.0 Å². The van der Waals surface area contributed by atoms with Gasteiger partial charge in [0.1, 0.15) is 6.54 Å². The first kappa shape index (κ1) is 12.7. The van der Waals surface area contributed by atoms with Gasteiger partial charge in [-0.05, 0) is 13.8 Å². The van der Waals surface area contributed by atoms with Crippen LogP contribution in [0.25, 0.3) is 0 Å². The van der Waals surface area contributed by atoms with E-state index in [1.807, 2.05) is 13.8 Å². The molecule has 0 aliphatic heterocycles. The van der Waals surface area contributed by atoms with Crippen LogP contribution in [0.4, 0.5) is 0 Å². The van der Waals surface area contributed by atoms with Crippen molar-refractivity contribution in [2.24, 2.45) is 0 Å². The van der Waals surface area contributed by atoms with Crippen LogP contribution in [-0.4, -0.2) is 30.0 Å². The number of nitriles is 1. The number of hydrogen-bond acceptors (Lipinski definition) is 4. The van der Waals surface area contributed by atoms with E-state index in [2.05, 4.69) is 16.5 Å². The van der Waals surface area contributed by atoms with Crippen LogP contribution < -0.4 is 5.32 Å². The highest BCUT2D eigenvalue weighted by atomic mass is 16.5. The minimum Gasteiger partial charge on any atom is -0.383 e. The Morgan fingerprint density at radius 3 is 2.88 bits per heavy atom. The van der Waals surface area contributed by atoms with Crippen molar-refractivity contribution >= 4 is 0 Å². The molecule has 0 spiro atoms. The molecule has 0 atom stereocenters. The fraction of sp³-hybridized carbons (Fsp3) is 0.636. The standard InChI is InChI=1S/C11H18N4O/c1-9-11(8-13-5-7-16-3)10(2)15(14-9)6-4-12/h13H,5-8H2,1-3H3. The maximum atomic E-state index is 8.65. The molecule has 1 aromatic rings. The molecule has 0 aromatic carbocycles. The lowest BCUT2D eigenvalue weighted by Gasteiger charge is -2.04. The van der Waals surface area contributed by atoms with Gasteiger partial charge in [0.2, 0.25) is 0 Å². The summed E-state index contributed by atoms with van der Waals surface area (Å²) in [6.07, 6.45) is 0. The van der Waals surface area contributed by atoms with Gasteiger partial charge in [-0.2, -0.15) is 10.4 Å². The van der Waals surface area contributed by atoms with E-state index in [1.165, 1.54) is 5.56 Å². The predicted molar refractivity (Wildman–Crippen MR) is 60.9 cm³/mol. The van der Waals surface area contributed by atoms with E-state index in [1.54, 1.807) is 11.8 Å². The van der Waals surface area contributed by atoms with Gasteiger partial charge >= 0.3 is 0 Å². The largest absolute Gasteiger partial charge is 0.383 e. The van der Waals surface area contributed by atoms with E-state index in [0.717, 1.165) is 24.5 Å². The molecule has 0 saturated heterocycles. The number of rotatable bonds is 6. The van der Waals surface area contributed by atoms with Crippen LogP contribution in [0.15, 0.2) is 0 Å². The number of ether oxygens (including phenoxy) is 1. The molecule has 16 heavy (non-hydrogen) atoms. The monoisotopic (exact) mass is 222 g/mol. The molecule has 1 rings (SSSR count). The van der Waals surface area contributed by atoms with Gasteiger partial charge in [0.15, 0.2) is 0 Å². The minimum atomic E-state index is 0.310. The fourth-order valence-corrected chi connectivity index (χ4v) is 1.60. The molecular formula is C11H18N4O. The number of aryl methyl sites for hydroxylation is 1. The smallest absolute Gasteiger partial charge is 0.128 e. The summed E-state index contributed by atoms with van der Waals surface area (Å²) in [6.45, 7) is 6.55. The Hall–Kier alpha value is -1.38. The molecule has 1 heterocycles. The molecule has 0 saturated carbocycles. The highest BCUT2D eigenvalue weighted by molar-refractivity contribution is 5.24. The third-order valence-electron chi connectivity index (χ3n) is 2.54. The van der Waals surface area contributed by atoms with Gasteiger partial charge in [0, 0.05) is 31.5 Å². The van der Waals surface area contributed by atoms with Gasteiger partial charge < -0.3 is 10.1 Å². The number of methoxy groups -OCH3 is 1. The van der Waals surface area contributed by atoms with Crippen molar-refractivity contribution in [2.75, 3.05) is 20.3 Å². The zero-order chi connectivity index (χ0) is 12.0. The van der Waals surface area contributed by atoms with Crippen LogP contribution in [0.2, 0.25) is 0 Å². The SMILES string of the molecule is COCCNCc1c(C)nn(CC#N)c1C. The molecule has 88 valence electrons. The zero-order valence-corrected chi connectivity index (χ0v) is 10.1. The van der Waals surface area contributed by atoms with Gasteiger partial charge in [-0.3, -0.25) is 4.68 Å². The van der Waals surface area contributed by atoms with Gasteiger partial charge in [0.25, 0.3) is 0 Å². The molecule has 0 aliphatic rings. The molecule has 0 amide bonds. The second-order valence-corrected chi connectivity index (χ2v) is 3.63. The van der Waals surface area contributed by atoms with E-state index in [-0.39, 0.29) is 0 Å².